The molecule has 2 N–H and O–H groups in total. The lowest BCUT2D eigenvalue weighted by molar-refractivity contribution is -0.125. The van der Waals surface area contributed by atoms with Crippen molar-refractivity contribution in [2.45, 2.75) is 38.6 Å². The molecule has 7 heteroatoms. The Balaban J connectivity index is 1.67. The third-order valence-corrected chi connectivity index (χ3v) is 5.02. The predicted octanol–water partition coefficient (Wildman–Crippen LogP) is 1.40. The zero-order valence-electron chi connectivity index (χ0n) is 12.0. The Morgan fingerprint density at radius 2 is 2.05 bits per heavy atom. The second-order valence-corrected chi connectivity index (χ2v) is 7.27. The maximum absolute atomic E-state index is 11.9. The van der Waals surface area contributed by atoms with Crippen LogP contribution in [0.3, 0.4) is 0 Å². The maximum Gasteiger partial charge on any atom is 0.223 e. The molecular weight excluding hydrogens is 292 g/mol. The van der Waals surface area contributed by atoms with Crippen LogP contribution in [-0.4, -0.2) is 26.6 Å². The van der Waals surface area contributed by atoms with Crippen molar-refractivity contribution in [3.05, 3.63) is 24.2 Å². The zero-order chi connectivity index (χ0) is 15.1. The van der Waals surface area contributed by atoms with E-state index in [1.165, 1.54) is 12.7 Å². The van der Waals surface area contributed by atoms with Crippen LogP contribution < -0.4 is 10.0 Å². The van der Waals surface area contributed by atoms with E-state index in [0.717, 1.165) is 25.7 Å². The molecule has 0 atom stereocenters. The van der Waals surface area contributed by atoms with Crippen LogP contribution in [0, 0.1) is 5.92 Å². The predicted molar refractivity (Wildman–Crippen MR) is 78.9 cm³/mol. The summed E-state index contributed by atoms with van der Waals surface area (Å²) in [6.45, 7) is 0.273. The van der Waals surface area contributed by atoms with E-state index in [2.05, 4.69) is 10.0 Å². The average molecular weight is 314 g/mol. The van der Waals surface area contributed by atoms with Crippen molar-refractivity contribution in [3.8, 4) is 0 Å². The molecule has 1 heterocycles. The molecule has 0 spiro atoms. The molecule has 0 radical (unpaired) electrons. The number of hydrogen-bond donors (Lipinski definition) is 2. The summed E-state index contributed by atoms with van der Waals surface area (Å²) in [6.07, 6.45) is 6.68. The van der Waals surface area contributed by atoms with Crippen LogP contribution in [0.1, 0.15) is 37.9 Å². The average Bonchev–Trinajstić information content (AvgIpc) is 2.99. The lowest BCUT2D eigenvalue weighted by atomic mass is 9.89. The maximum atomic E-state index is 11.9. The van der Waals surface area contributed by atoms with Gasteiger partial charge >= 0.3 is 0 Å². The third-order valence-electron chi connectivity index (χ3n) is 3.69. The summed E-state index contributed by atoms with van der Waals surface area (Å²) in [5, 5.41) is 2.72. The van der Waals surface area contributed by atoms with Crippen molar-refractivity contribution in [3.63, 3.8) is 0 Å². The summed E-state index contributed by atoms with van der Waals surface area (Å²) >= 11 is 0. The topological polar surface area (TPSA) is 88.4 Å². The minimum Gasteiger partial charge on any atom is -0.468 e. The van der Waals surface area contributed by atoms with Crippen molar-refractivity contribution >= 4 is 15.9 Å². The monoisotopic (exact) mass is 314 g/mol. The highest BCUT2D eigenvalue weighted by atomic mass is 32.2. The number of amides is 1. The van der Waals surface area contributed by atoms with Crippen LogP contribution in [0.2, 0.25) is 0 Å². The number of rotatable bonds is 7. The lowest BCUT2D eigenvalue weighted by Crippen LogP contribution is -2.37. The van der Waals surface area contributed by atoms with E-state index in [0.29, 0.717) is 5.76 Å². The van der Waals surface area contributed by atoms with Gasteiger partial charge < -0.3 is 9.73 Å². The Labute approximate surface area is 125 Å². The molecule has 0 saturated heterocycles. The van der Waals surface area contributed by atoms with Crippen LogP contribution in [0.4, 0.5) is 0 Å². The molecule has 0 bridgehead atoms. The highest BCUT2D eigenvalue weighted by Gasteiger charge is 2.21. The van der Waals surface area contributed by atoms with Crippen LogP contribution >= 0.6 is 0 Å². The lowest BCUT2D eigenvalue weighted by Gasteiger charge is -2.20. The highest BCUT2D eigenvalue weighted by molar-refractivity contribution is 7.89. The van der Waals surface area contributed by atoms with Gasteiger partial charge in [-0.2, -0.15) is 0 Å². The molecule has 2 rings (SSSR count). The fourth-order valence-corrected chi connectivity index (χ4v) is 3.36. The van der Waals surface area contributed by atoms with E-state index in [9.17, 15) is 13.2 Å². The normalized spacial score (nSPS) is 16.8. The van der Waals surface area contributed by atoms with Gasteiger partial charge in [0, 0.05) is 12.5 Å². The van der Waals surface area contributed by atoms with Crippen LogP contribution in [0.25, 0.3) is 0 Å². The third kappa shape index (κ3) is 5.51. The van der Waals surface area contributed by atoms with Gasteiger partial charge in [0.25, 0.3) is 0 Å². The van der Waals surface area contributed by atoms with Gasteiger partial charge in [-0.1, -0.05) is 19.3 Å². The van der Waals surface area contributed by atoms with E-state index in [1.807, 2.05) is 0 Å². The van der Waals surface area contributed by atoms with Crippen molar-refractivity contribution in [1.29, 1.82) is 0 Å². The first kappa shape index (κ1) is 16.0. The van der Waals surface area contributed by atoms with E-state index in [4.69, 9.17) is 4.42 Å². The van der Waals surface area contributed by atoms with Crippen molar-refractivity contribution in [1.82, 2.24) is 10.0 Å². The van der Waals surface area contributed by atoms with Gasteiger partial charge in [-0.3, -0.25) is 4.79 Å². The van der Waals surface area contributed by atoms with Gasteiger partial charge in [-0.25, -0.2) is 13.1 Å². The Hall–Kier alpha value is -1.34. The molecule has 21 heavy (non-hydrogen) atoms. The summed E-state index contributed by atoms with van der Waals surface area (Å²) < 4.78 is 31.1. The first-order valence-electron chi connectivity index (χ1n) is 7.34. The standard InChI is InChI=1S/C14H22N2O4S/c17-14(12-5-2-1-3-6-12)15-8-10-21(18,19)16-11-13-7-4-9-20-13/h4,7,9,12,16H,1-3,5-6,8,10-11H2,(H,15,17). The minimum absolute atomic E-state index is 0.0177. The number of nitrogens with one attached hydrogen (secondary N) is 2. The number of hydrogen-bond acceptors (Lipinski definition) is 4. The van der Waals surface area contributed by atoms with E-state index >= 15 is 0 Å². The molecule has 0 aromatic carbocycles. The van der Waals surface area contributed by atoms with Gasteiger partial charge in [0.05, 0.1) is 18.6 Å². The SMILES string of the molecule is O=C(NCCS(=O)(=O)NCc1ccco1)C1CCCCC1. The van der Waals surface area contributed by atoms with Crippen LogP contribution in [0.15, 0.2) is 22.8 Å². The number of carbonyl (C=O) groups is 1. The Morgan fingerprint density at radius 3 is 2.71 bits per heavy atom. The molecule has 1 aromatic heterocycles. The van der Waals surface area contributed by atoms with E-state index < -0.39 is 10.0 Å². The summed E-state index contributed by atoms with van der Waals surface area (Å²) in [6, 6.07) is 3.40. The van der Waals surface area contributed by atoms with Crippen molar-refractivity contribution < 1.29 is 17.6 Å². The van der Waals surface area contributed by atoms with Crippen molar-refractivity contribution in [2.24, 2.45) is 5.92 Å². The number of sulfonamides is 1. The molecule has 0 aliphatic heterocycles. The fourth-order valence-electron chi connectivity index (χ4n) is 2.48. The zero-order valence-corrected chi connectivity index (χ0v) is 12.8. The second kappa shape index (κ2) is 7.61. The van der Waals surface area contributed by atoms with Crippen LogP contribution in [-0.2, 0) is 21.4 Å². The molecule has 1 aromatic rings. The molecule has 1 saturated carbocycles. The Bertz CT molecular complexity index is 533. The van der Waals surface area contributed by atoms with Gasteiger partial charge in [0.2, 0.25) is 15.9 Å². The van der Waals surface area contributed by atoms with Gasteiger partial charge in [0.15, 0.2) is 0 Å². The first-order chi connectivity index (χ1) is 10.1. The van der Waals surface area contributed by atoms with Crippen LogP contribution in [0.5, 0.6) is 0 Å². The molecule has 1 fully saturated rings. The smallest absolute Gasteiger partial charge is 0.223 e. The Morgan fingerprint density at radius 1 is 1.29 bits per heavy atom. The summed E-state index contributed by atoms with van der Waals surface area (Å²) in [5.41, 5.74) is 0. The molecule has 1 aliphatic carbocycles. The Kier molecular flexibility index (Phi) is 5.81. The highest BCUT2D eigenvalue weighted by Crippen LogP contribution is 2.23. The van der Waals surface area contributed by atoms with Gasteiger partial charge in [-0.15, -0.1) is 0 Å². The quantitative estimate of drug-likeness (QED) is 0.796. The molecule has 118 valence electrons. The molecule has 1 aliphatic rings. The number of carbonyl (C=O) groups excluding carboxylic acids is 1. The number of furan rings is 1. The fraction of sp³-hybridized carbons (Fsp3) is 0.643. The minimum atomic E-state index is -3.41. The van der Waals surface area contributed by atoms with E-state index in [-0.39, 0.29) is 30.7 Å². The largest absolute Gasteiger partial charge is 0.468 e. The van der Waals surface area contributed by atoms with Crippen molar-refractivity contribution in [2.75, 3.05) is 12.3 Å². The molecule has 6 nitrogen and oxygen atoms in total. The molecule has 0 unspecified atom stereocenters. The first-order valence-corrected chi connectivity index (χ1v) is 8.99. The van der Waals surface area contributed by atoms with Gasteiger partial charge in [0.1, 0.15) is 5.76 Å². The molecule has 1 amide bonds. The van der Waals surface area contributed by atoms with E-state index in [1.54, 1.807) is 12.1 Å². The summed E-state index contributed by atoms with van der Waals surface area (Å²) in [7, 11) is -3.41. The summed E-state index contributed by atoms with van der Waals surface area (Å²) in [4.78, 5) is 11.9. The molecular formula is C14H22N2O4S. The van der Waals surface area contributed by atoms with Gasteiger partial charge in [-0.05, 0) is 25.0 Å². The summed E-state index contributed by atoms with van der Waals surface area (Å²) in [5.74, 6) is 0.477. The second-order valence-electron chi connectivity index (χ2n) is 5.35.